The quantitative estimate of drug-likeness (QED) is 0.813. The number of urea groups is 1. The number of carbonyl (C=O) groups is 1. The summed E-state index contributed by atoms with van der Waals surface area (Å²) in [6, 6.07) is -0.0909. The van der Waals surface area contributed by atoms with Gasteiger partial charge in [-0.2, -0.15) is 0 Å². The van der Waals surface area contributed by atoms with Gasteiger partial charge in [0.05, 0.1) is 12.2 Å². The lowest BCUT2D eigenvalue weighted by molar-refractivity contribution is 0.237. The zero-order valence-electron chi connectivity index (χ0n) is 12.5. The van der Waals surface area contributed by atoms with Crippen molar-refractivity contribution in [2.45, 2.75) is 39.2 Å². The van der Waals surface area contributed by atoms with Crippen LogP contribution in [0.2, 0.25) is 0 Å². The molecule has 6 heteroatoms. The minimum Gasteiger partial charge on any atom is -0.354 e. The van der Waals surface area contributed by atoms with E-state index in [1.807, 2.05) is 24.4 Å². The molecular weight excluding hydrogens is 272 g/mol. The third-order valence-corrected chi connectivity index (χ3v) is 4.77. The van der Waals surface area contributed by atoms with Gasteiger partial charge in [-0.1, -0.05) is 13.3 Å². The average molecular weight is 296 g/mol. The monoisotopic (exact) mass is 296 g/mol. The minimum atomic E-state index is -0.0909. The molecule has 2 N–H and O–H groups in total. The summed E-state index contributed by atoms with van der Waals surface area (Å²) in [6.45, 7) is 3.48. The van der Waals surface area contributed by atoms with E-state index in [0.717, 1.165) is 17.4 Å². The fourth-order valence-corrected chi connectivity index (χ4v) is 3.06. The predicted molar refractivity (Wildman–Crippen MR) is 83.3 cm³/mol. The van der Waals surface area contributed by atoms with Crippen LogP contribution in [0.15, 0.2) is 5.38 Å². The number of amides is 2. The first-order valence-electron chi connectivity index (χ1n) is 7.18. The Balaban J connectivity index is 1.69. The maximum absolute atomic E-state index is 11.8. The van der Waals surface area contributed by atoms with Gasteiger partial charge in [0.2, 0.25) is 0 Å². The normalized spacial score (nSPS) is 15.8. The molecule has 0 spiro atoms. The summed E-state index contributed by atoms with van der Waals surface area (Å²) in [5.41, 5.74) is 1.30. The van der Waals surface area contributed by atoms with E-state index in [2.05, 4.69) is 22.5 Å². The molecule has 1 fully saturated rings. The summed E-state index contributed by atoms with van der Waals surface area (Å²) in [5, 5.41) is 8.80. The second-order valence-corrected chi connectivity index (χ2v) is 6.64. The van der Waals surface area contributed by atoms with Crippen LogP contribution in [0.5, 0.6) is 0 Å². The Morgan fingerprint density at radius 1 is 1.45 bits per heavy atom. The average Bonchev–Trinajstić information content (AvgIpc) is 3.01. The topological polar surface area (TPSA) is 57.3 Å². The van der Waals surface area contributed by atoms with Gasteiger partial charge in [-0.3, -0.25) is 0 Å². The van der Waals surface area contributed by atoms with Gasteiger partial charge in [0.25, 0.3) is 0 Å². The molecule has 0 aromatic carbocycles. The van der Waals surface area contributed by atoms with Gasteiger partial charge in [0.15, 0.2) is 5.13 Å². The van der Waals surface area contributed by atoms with Gasteiger partial charge in [0, 0.05) is 26.0 Å². The van der Waals surface area contributed by atoms with Crippen molar-refractivity contribution in [3.05, 3.63) is 11.1 Å². The Labute approximate surface area is 124 Å². The Kier molecular flexibility index (Phi) is 4.86. The smallest absolute Gasteiger partial charge is 0.315 e. The zero-order chi connectivity index (χ0) is 14.6. The van der Waals surface area contributed by atoms with Crippen LogP contribution in [-0.4, -0.2) is 31.7 Å². The van der Waals surface area contributed by atoms with Gasteiger partial charge < -0.3 is 15.5 Å². The first-order valence-corrected chi connectivity index (χ1v) is 8.06. The molecule has 0 bridgehead atoms. The van der Waals surface area contributed by atoms with Crippen LogP contribution in [0.25, 0.3) is 0 Å². The molecule has 0 atom stereocenters. The third-order valence-electron chi connectivity index (χ3n) is 3.71. The molecule has 0 radical (unpaired) electrons. The Hall–Kier alpha value is -1.30. The van der Waals surface area contributed by atoms with E-state index < -0.39 is 0 Å². The van der Waals surface area contributed by atoms with Crippen molar-refractivity contribution in [2.24, 2.45) is 5.41 Å². The van der Waals surface area contributed by atoms with E-state index in [1.165, 1.54) is 25.7 Å². The highest BCUT2D eigenvalue weighted by Crippen LogP contribution is 2.48. The lowest BCUT2D eigenvalue weighted by Gasteiger charge is -2.15. The van der Waals surface area contributed by atoms with E-state index >= 15 is 0 Å². The van der Waals surface area contributed by atoms with Crippen LogP contribution in [0.3, 0.4) is 0 Å². The van der Waals surface area contributed by atoms with Crippen molar-refractivity contribution < 1.29 is 4.79 Å². The molecule has 0 saturated heterocycles. The Bertz CT molecular complexity index is 454. The molecule has 0 unspecified atom stereocenters. The van der Waals surface area contributed by atoms with E-state index in [9.17, 15) is 4.79 Å². The van der Waals surface area contributed by atoms with Crippen molar-refractivity contribution in [1.29, 1.82) is 0 Å². The number of hydrogen-bond acceptors (Lipinski definition) is 4. The van der Waals surface area contributed by atoms with Crippen molar-refractivity contribution >= 4 is 22.5 Å². The van der Waals surface area contributed by atoms with Crippen LogP contribution in [-0.2, 0) is 6.54 Å². The lowest BCUT2D eigenvalue weighted by Crippen LogP contribution is -2.38. The number of nitrogens with zero attached hydrogens (tertiary/aromatic N) is 2. The number of hydrogen-bond donors (Lipinski definition) is 2. The van der Waals surface area contributed by atoms with Gasteiger partial charge >= 0.3 is 6.03 Å². The Morgan fingerprint density at radius 2 is 2.20 bits per heavy atom. The highest BCUT2D eigenvalue weighted by Gasteiger charge is 2.41. The summed E-state index contributed by atoms with van der Waals surface area (Å²) in [6.07, 6.45) is 4.90. The summed E-state index contributed by atoms with van der Waals surface area (Å²) >= 11 is 1.59. The van der Waals surface area contributed by atoms with Gasteiger partial charge in [0.1, 0.15) is 0 Å². The lowest BCUT2D eigenvalue weighted by atomic mass is 10.0. The molecule has 1 saturated carbocycles. The van der Waals surface area contributed by atoms with Crippen LogP contribution in [0.1, 0.15) is 38.3 Å². The molecule has 112 valence electrons. The van der Waals surface area contributed by atoms with E-state index in [4.69, 9.17) is 0 Å². The van der Waals surface area contributed by atoms with Gasteiger partial charge in [-0.05, 0) is 24.7 Å². The maximum atomic E-state index is 11.8. The minimum absolute atomic E-state index is 0.0909. The van der Waals surface area contributed by atoms with Gasteiger partial charge in [-0.15, -0.1) is 11.3 Å². The summed E-state index contributed by atoms with van der Waals surface area (Å²) in [5.74, 6) is 0. The molecule has 5 nitrogen and oxygen atoms in total. The molecule has 1 heterocycles. The van der Waals surface area contributed by atoms with Crippen molar-refractivity contribution in [3.8, 4) is 0 Å². The van der Waals surface area contributed by atoms with Crippen molar-refractivity contribution in [2.75, 3.05) is 25.5 Å². The Morgan fingerprint density at radius 3 is 2.75 bits per heavy atom. The SMILES string of the molecule is CCCC1(CNC(=O)NCc2csc(N(C)C)n2)CC1. The third kappa shape index (κ3) is 4.10. The first-order chi connectivity index (χ1) is 9.54. The fraction of sp³-hybridized carbons (Fsp3) is 0.714. The van der Waals surface area contributed by atoms with E-state index in [1.54, 1.807) is 11.3 Å². The summed E-state index contributed by atoms with van der Waals surface area (Å²) < 4.78 is 0. The number of anilines is 1. The number of nitrogens with one attached hydrogen (secondary N) is 2. The van der Waals surface area contributed by atoms with Crippen molar-refractivity contribution in [3.63, 3.8) is 0 Å². The molecule has 2 amide bonds. The van der Waals surface area contributed by atoms with Crippen LogP contribution < -0.4 is 15.5 Å². The number of rotatable bonds is 7. The zero-order valence-corrected chi connectivity index (χ0v) is 13.3. The molecular formula is C14H24N4OS. The standard InChI is InChI=1S/C14H24N4OS/c1-4-5-14(6-7-14)10-16-12(19)15-8-11-9-20-13(17-11)18(2)3/h9H,4-8,10H2,1-3H3,(H2,15,16,19). The number of aromatic nitrogens is 1. The van der Waals surface area contributed by atoms with Crippen LogP contribution >= 0.6 is 11.3 Å². The second-order valence-electron chi connectivity index (χ2n) is 5.80. The molecule has 0 aliphatic heterocycles. The van der Waals surface area contributed by atoms with Crippen LogP contribution in [0.4, 0.5) is 9.93 Å². The molecule has 1 aliphatic rings. The van der Waals surface area contributed by atoms with Crippen molar-refractivity contribution in [1.82, 2.24) is 15.6 Å². The van der Waals surface area contributed by atoms with E-state index in [0.29, 0.717) is 12.0 Å². The predicted octanol–water partition coefficient (Wildman–Crippen LogP) is 2.59. The largest absolute Gasteiger partial charge is 0.354 e. The highest BCUT2D eigenvalue weighted by atomic mass is 32.1. The summed E-state index contributed by atoms with van der Waals surface area (Å²) in [4.78, 5) is 18.2. The first kappa shape index (κ1) is 15.1. The molecule has 20 heavy (non-hydrogen) atoms. The second kappa shape index (κ2) is 6.43. The molecule has 1 aliphatic carbocycles. The molecule has 1 aromatic heterocycles. The maximum Gasteiger partial charge on any atom is 0.315 e. The van der Waals surface area contributed by atoms with E-state index in [-0.39, 0.29) is 6.03 Å². The molecule has 2 rings (SSSR count). The number of thiazole rings is 1. The fourth-order valence-electron chi connectivity index (χ4n) is 2.31. The number of carbonyl (C=O) groups excluding carboxylic acids is 1. The highest BCUT2D eigenvalue weighted by molar-refractivity contribution is 7.13. The summed E-state index contributed by atoms with van der Waals surface area (Å²) in [7, 11) is 3.93. The molecule has 1 aromatic rings. The van der Waals surface area contributed by atoms with Crippen LogP contribution in [0, 0.1) is 5.41 Å². The van der Waals surface area contributed by atoms with Gasteiger partial charge in [-0.25, -0.2) is 9.78 Å².